The zero-order chi connectivity index (χ0) is 20.3. The molecule has 0 unspecified atom stereocenters. The van der Waals surface area contributed by atoms with Gasteiger partial charge in [0.1, 0.15) is 11.6 Å². The number of rotatable bonds is 6. The van der Waals surface area contributed by atoms with Gasteiger partial charge in [0.25, 0.3) is 5.69 Å². The van der Waals surface area contributed by atoms with Crippen LogP contribution in [0.15, 0.2) is 29.5 Å². The Hall–Kier alpha value is -2.65. The second-order valence-corrected chi connectivity index (χ2v) is 6.36. The summed E-state index contributed by atoms with van der Waals surface area (Å²) in [5.74, 6) is -0.627. The second-order valence-electron chi connectivity index (χ2n) is 5.95. The summed E-state index contributed by atoms with van der Waals surface area (Å²) in [7, 11) is 4.53. The topological polar surface area (TPSA) is 102 Å². The highest BCUT2D eigenvalue weighted by molar-refractivity contribution is 6.32. The number of halogens is 1. The Morgan fingerprint density at radius 3 is 2.59 bits per heavy atom. The minimum Gasteiger partial charge on any atom is -0.460 e. The third-order valence-electron chi connectivity index (χ3n) is 4.37. The number of amides is 2. The van der Waals surface area contributed by atoms with E-state index in [0.29, 0.717) is 11.3 Å². The SMILES string of the molecule is COCCOC(=O)C1=C(C)N(C)C(=O)N(C)[C@H]1c1ccc(Cl)c([N+](=O)[O-])c1. The van der Waals surface area contributed by atoms with Gasteiger partial charge in [-0.2, -0.15) is 0 Å². The van der Waals surface area contributed by atoms with Crippen LogP contribution in [0.25, 0.3) is 0 Å². The fraction of sp³-hybridized carbons (Fsp3) is 0.412. The minimum absolute atomic E-state index is 0.0319. The number of nitrogens with zero attached hydrogens (tertiary/aromatic N) is 3. The van der Waals surface area contributed by atoms with Crippen LogP contribution in [0.1, 0.15) is 18.5 Å². The van der Waals surface area contributed by atoms with Crippen LogP contribution in [-0.4, -0.2) is 61.1 Å². The van der Waals surface area contributed by atoms with Crippen LogP contribution in [0.5, 0.6) is 0 Å². The number of likely N-dealkylation sites (N-methyl/N-ethyl adjacent to an activating group) is 1. The Labute approximate surface area is 161 Å². The average Bonchev–Trinajstić information content (AvgIpc) is 2.63. The summed E-state index contributed by atoms with van der Waals surface area (Å²) in [6.07, 6.45) is 0. The Morgan fingerprint density at radius 1 is 1.33 bits per heavy atom. The highest BCUT2D eigenvalue weighted by Crippen LogP contribution is 2.38. The van der Waals surface area contributed by atoms with E-state index in [2.05, 4.69) is 0 Å². The minimum atomic E-state index is -0.847. The fourth-order valence-electron chi connectivity index (χ4n) is 2.85. The van der Waals surface area contributed by atoms with Gasteiger partial charge in [-0.3, -0.25) is 10.1 Å². The van der Waals surface area contributed by atoms with Crippen LogP contribution < -0.4 is 0 Å². The second kappa shape index (κ2) is 8.36. The summed E-state index contributed by atoms with van der Waals surface area (Å²) >= 11 is 5.88. The van der Waals surface area contributed by atoms with E-state index in [-0.39, 0.29) is 35.5 Å². The van der Waals surface area contributed by atoms with Gasteiger partial charge in [-0.05, 0) is 18.6 Å². The number of allylic oxidation sites excluding steroid dienone is 1. The number of methoxy groups -OCH3 is 1. The molecule has 9 nitrogen and oxygen atoms in total. The maximum atomic E-state index is 12.7. The van der Waals surface area contributed by atoms with E-state index in [0.717, 1.165) is 0 Å². The van der Waals surface area contributed by atoms with Crippen LogP contribution in [0, 0.1) is 10.1 Å². The molecule has 1 aliphatic rings. The van der Waals surface area contributed by atoms with Crippen molar-refractivity contribution in [2.75, 3.05) is 34.4 Å². The molecule has 1 aromatic carbocycles. The number of ether oxygens (including phenoxy) is 2. The zero-order valence-corrected chi connectivity index (χ0v) is 16.1. The van der Waals surface area contributed by atoms with Crippen LogP contribution in [0.3, 0.4) is 0 Å². The smallest absolute Gasteiger partial charge is 0.338 e. The van der Waals surface area contributed by atoms with Crippen molar-refractivity contribution >= 4 is 29.3 Å². The molecular weight excluding hydrogens is 378 g/mol. The van der Waals surface area contributed by atoms with Crippen LogP contribution >= 0.6 is 11.6 Å². The molecule has 0 bridgehead atoms. The normalized spacial score (nSPS) is 17.4. The van der Waals surface area contributed by atoms with Gasteiger partial charge in [-0.1, -0.05) is 17.7 Å². The van der Waals surface area contributed by atoms with Crippen LogP contribution in [0.4, 0.5) is 10.5 Å². The lowest BCUT2D eigenvalue weighted by atomic mass is 9.93. The monoisotopic (exact) mass is 397 g/mol. The predicted molar refractivity (Wildman–Crippen MR) is 97.3 cm³/mol. The molecule has 0 aromatic heterocycles. The van der Waals surface area contributed by atoms with Crippen molar-refractivity contribution in [1.82, 2.24) is 9.80 Å². The van der Waals surface area contributed by atoms with Crippen molar-refractivity contribution < 1.29 is 24.0 Å². The average molecular weight is 398 g/mol. The van der Waals surface area contributed by atoms with Gasteiger partial charge in [-0.25, -0.2) is 9.59 Å². The molecule has 0 saturated heterocycles. The highest BCUT2D eigenvalue weighted by Gasteiger charge is 2.39. The summed E-state index contributed by atoms with van der Waals surface area (Å²) < 4.78 is 10.1. The molecule has 2 amide bonds. The van der Waals surface area contributed by atoms with Crippen molar-refractivity contribution in [3.8, 4) is 0 Å². The van der Waals surface area contributed by atoms with Gasteiger partial charge < -0.3 is 19.3 Å². The molecule has 146 valence electrons. The first-order valence-corrected chi connectivity index (χ1v) is 8.39. The number of carbonyl (C=O) groups is 2. The molecule has 2 rings (SSSR count). The Bertz CT molecular complexity index is 810. The number of esters is 1. The first kappa shape index (κ1) is 20.7. The molecule has 10 heteroatoms. The van der Waals surface area contributed by atoms with Gasteiger partial charge in [-0.15, -0.1) is 0 Å². The molecule has 1 aromatic rings. The van der Waals surface area contributed by atoms with Gasteiger partial charge >= 0.3 is 12.0 Å². The Kier molecular flexibility index (Phi) is 6.40. The largest absolute Gasteiger partial charge is 0.460 e. The molecule has 1 aliphatic heterocycles. The van der Waals surface area contributed by atoms with Crippen molar-refractivity contribution in [2.24, 2.45) is 0 Å². The van der Waals surface area contributed by atoms with E-state index < -0.39 is 16.9 Å². The number of carbonyl (C=O) groups excluding carboxylic acids is 2. The highest BCUT2D eigenvalue weighted by atomic mass is 35.5. The van der Waals surface area contributed by atoms with E-state index in [1.54, 1.807) is 13.0 Å². The molecule has 0 spiro atoms. The Morgan fingerprint density at radius 2 is 2.00 bits per heavy atom. The summed E-state index contributed by atoms with van der Waals surface area (Å²) in [4.78, 5) is 38.5. The van der Waals surface area contributed by atoms with E-state index in [9.17, 15) is 19.7 Å². The van der Waals surface area contributed by atoms with Gasteiger partial charge in [0.2, 0.25) is 0 Å². The van der Waals surface area contributed by atoms with Crippen LogP contribution in [0.2, 0.25) is 5.02 Å². The van der Waals surface area contributed by atoms with Crippen molar-refractivity contribution in [3.05, 3.63) is 50.2 Å². The molecule has 0 radical (unpaired) electrons. The van der Waals surface area contributed by atoms with E-state index >= 15 is 0 Å². The molecule has 0 saturated carbocycles. The van der Waals surface area contributed by atoms with E-state index in [1.165, 1.54) is 43.1 Å². The Balaban J connectivity index is 2.55. The number of hydrogen-bond donors (Lipinski definition) is 0. The van der Waals surface area contributed by atoms with Crippen LogP contribution in [-0.2, 0) is 14.3 Å². The third-order valence-corrected chi connectivity index (χ3v) is 4.69. The van der Waals surface area contributed by atoms with E-state index in [4.69, 9.17) is 21.1 Å². The first-order chi connectivity index (χ1) is 12.7. The summed E-state index contributed by atoms with van der Waals surface area (Å²) in [6, 6.07) is 2.97. The molecule has 0 N–H and O–H groups in total. The number of hydrogen-bond acceptors (Lipinski definition) is 6. The van der Waals surface area contributed by atoms with Crippen molar-refractivity contribution in [3.63, 3.8) is 0 Å². The number of urea groups is 1. The van der Waals surface area contributed by atoms with Gasteiger partial charge in [0, 0.05) is 33.0 Å². The lowest BCUT2D eigenvalue weighted by Gasteiger charge is -2.39. The number of benzene rings is 1. The number of nitro benzene ring substituents is 1. The standard InChI is InChI=1S/C17H20ClN3O6/c1-10-14(16(22)27-8-7-26-4)15(20(3)17(23)19(10)2)11-5-6-12(18)13(9-11)21(24)25/h5-6,9,15H,7-8H2,1-4H3/t15-/m0/s1. The predicted octanol–water partition coefficient (Wildman–Crippen LogP) is 2.75. The summed E-state index contributed by atoms with van der Waals surface area (Å²) in [5.41, 5.74) is 0.697. The quantitative estimate of drug-likeness (QED) is 0.316. The molecule has 0 aliphatic carbocycles. The fourth-order valence-corrected chi connectivity index (χ4v) is 3.03. The maximum absolute atomic E-state index is 12.7. The maximum Gasteiger partial charge on any atom is 0.338 e. The van der Waals surface area contributed by atoms with E-state index in [1.807, 2.05) is 0 Å². The van der Waals surface area contributed by atoms with Crippen molar-refractivity contribution in [1.29, 1.82) is 0 Å². The first-order valence-electron chi connectivity index (χ1n) is 8.01. The molecule has 1 atom stereocenters. The molecule has 1 heterocycles. The lowest BCUT2D eigenvalue weighted by molar-refractivity contribution is -0.384. The molecule has 27 heavy (non-hydrogen) atoms. The number of nitro groups is 1. The van der Waals surface area contributed by atoms with Crippen molar-refractivity contribution in [2.45, 2.75) is 13.0 Å². The summed E-state index contributed by atoms with van der Waals surface area (Å²) in [6.45, 7) is 1.88. The lowest BCUT2D eigenvalue weighted by Crippen LogP contribution is -2.47. The van der Waals surface area contributed by atoms with Gasteiger partial charge in [0.05, 0.1) is 23.1 Å². The zero-order valence-electron chi connectivity index (χ0n) is 15.4. The third kappa shape index (κ3) is 4.04. The van der Waals surface area contributed by atoms with Gasteiger partial charge in [0.15, 0.2) is 0 Å². The summed E-state index contributed by atoms with van der Waals surface area (Å²) in [5, 5.41) is 11.2. The molecule has 0 fully saturated rings. The molecular formula is C17H20ClN3O6.